The number of hydrogen-bond donors (Lipinski definition) is 4. The van der Waals surface area contributed by atoms with Crippen LogP contribution in [-0.4, -0.2) is 66.7 Å². The summed E-state index contributed by atoms with van der Waals surface area (Å²) in [6.07, 6.45) is 14.8. The van der Waals surface area contributed by atoms with Crippen LogP contribution >= 0.6 is 11.6 Å². The van der Waals surface area contributed by atoms with Crippen molar-refractivity contribution in [1.29, 1.82) is 0 Å². The Morgan fingerprint density at radius 2 is 1.88 bits per heavy atom. The van der Waals surface area contributed by atoms with Crippen molar-refractivity contribution in [2.45, 2.75) is 97.9 Å². The molecule has 3 amide bonds. The zero-order valence-corrected chi connectivity index (χ0v) is 30.4. The maximum Gasteiger partial charge on any atom is 0.326 e. The molecule has 1 aromatic rings. The molecule has 3 rings (SSSR count). The van der Waals surface area contributed by atoms with Gasteiger partial charge in [-0.1, -0.05) is 74.4 Å². The molecule has 0 saturated carbocycles. The Hall–Kier alpha value is -3.89. The zero-order valence-electron chi connectivity index (χ0n) is 29.7. The van der Waals surface area contributed by atoms with Crippen LogP contribution in [0.3, 0.4) is 0 Å². The number of carbonyl (C=O) groups excluding carboxylic acids is 3. The Morgan fingerprint density at radius 3 is 2.53 bits per heavy atom. The summed E-state index contributed by atoms with van der Waals surface area (Å²) in [5.41, 5.74) is 2.09. The number of carboxylic acids is 1. The maximum atomic E-state index is 13.5. The van der Waals surface area contributed by atoms with Gasteiger partial charge in [0.25, 0.3) is 0 Å². The molecule has 0 bridgehead atoms. The molecule has 1 heterocycles. The first-order chi connectivity index (χ1) is 23.1. The lowest BCUT2D eigenvalue weighted by molar-refractivity contribution is -0.144. The first kappa shape index (κ1) is 39.5. The molecule has 0 radical (unpaired) electrons. The molecule has 2 unspecified atom stereocenters. The van der Waals surface area contributed by atoms with Gasteiger partial charge in [0, 0.05) is 13.0 Å². The van der Waals surface area contributed by atoms with Crippen molar-refractivity contribution >= 4 is 35.3 Å². The molecule has 1 saturated heterocycles. The van der Waals surface area contributed by atoms with E-state index in [9.17, 15) is 24.3 Å². The van der Waals surface area contributed by atoms with Gasteiger partial charge in [-0.15, -0.1) is 0 Å². The van der Waals surface area contributed by atoms with Gasteiger partial charge in [0.05, 0.1) is 23.7 Å². The van der Waals surface area contributed by atoms with E-state index in [4.69, 9.17) is 21.1 Å². The third-order valence-electron chi connectivity index (χ3n) is 8.72. The second kappa shape index (κ2) is 18.2. The summed E-state index contributed by atoms with van der Waals surface area (Å²) < 4.78 is 11.2. The standard InChI is InChI=1S/C38H52ClN3O7/c1-23(2)19-30(36(45)46)42-37(47)38(5,6)22-40-35(44)29(21-26-16-18-31(48-7)28(39)20-26)41-32(43)14-9-8-12-25(4)33-34(49-33)27-13-10-11-24(3)15-17-27/h9-11,13-14,16-18,20,23,25,29-30,33-34H,8,12,15,19,21-22H2,1-7H3,(H,40,44)(H,41,43)(H,42,47)(H,45,46)/b14-9+/t25-,29+,30-,33?,34?/m0/s1. The zero-order chi connectivity index (χ0) is 36.3. The van der Waals surface area contributed by atoms with E-state index in [1.807, 2.05) is 13.8 Å². The molecule has 5 atom stereocenters. The summed E-state index contributed by atoms with van der Waals surface area (Å²) in [6, 6.07) is 3.10. The number of ether oxygens (including phenoxy) is 2. The van der Waals surface area contributed by atoms with E-state index in [1.54, 1.807) is 38.1 Å². The SMILES string of the molecule is COc1ccc(C[C@@H](NC(=O)/C=C/CC[C@H](C)C2OC2C2=CCC(C)=CC=C2)C(=O)NCC(C)(C)C(=O)N[C@@H](CC(C)C)C(=O)O)cc1Cl. The predicted octanol–water partition coefficient (Wildman–Crippen LogP) is 5.71. The van der Waals surface area contributed by atoms with Crippen LogP contribution in [0.2, 0.25) is 5.02 Å². The van der Waals surface area contributed by atoms with Crippen LogP contribution in [0.15, 0.2) is 65.8 Å². The van der Waals surface area contributed by atoms with Gasteiger partial charge in [0.1, 0.15) is 23.9 Å². The summed E-state index contributed by atoms with van der Waals surface area (Å²) in [4.78, 5) is 51.2. The Labute approximate surface area is 295 Å². The second-order valence-corrected chi connectivity index (χ2v) is 14.5. The number of carboxylic acid groups (broad SMARTS) is 1. The van der Waals surface area contributed by atoms with Crippen LogP contribution < -0.4 is 20.7 Å². The smallest absolute Gasteiger partial charge is 0.326 e. The van der Waals surface area contributed by atoms with E-state index in [2.05, 4.69) is 54.1 Å². The summed E-state index contributed by atoms with van der Waals surface area (Å²) in [6.45, 7) is 11.2. The van der Waals surface area contributed by atoms with Crippen molar-refractivity contribution in [2.75, 3.05) is 13.7 Å². The fourth-order valence-corrected chi connectivity index (χ4v) is 5.83. The summed E-state index contributed by atoms with van der Waals surface area (Å²) in [7, 11) is 1.51. The number of rotatable bonds is 18. The molecule has 10 nitrogen and oxygen atoms in total. The van der Waals surface area contributed by atoms with Crippen molar-refractivity contribution in [2.24, 2.45) is 17.3 Å². The largest absolute Gasteiger partial charge is 0.495 e. The fourth-order valence-electron chi connectivity index (χ4n) is 5.55. The second-order valence-electron chi connectivity index (χ2n) is 14.1. The molecule has 49 heavy (non-hydrogen) atoms. The number of amides is 3. The van der Waals surface area contributed by atoms with Crippen molar-refractivity contribution in [3.05, 3.63) is 76.4 Å². The number of allylic oxidation sites excluding steroid dienone is 5. The normalized spacial score (nSPS) is 19.3. The molecule has 4 N–H and O–H groups in total. The minimum Gasteiger partial charge on any atom is -0.495 e. The van der Waals surface area contributed by atoms with E-state index >= 15 is 0 Å². The molecule has 0 spiro atoms. The van der Waals surface area contributed by atoms with Gasteiger partial charge in [-0.3, -0.25) is 14.4 Å². The molecular weight excluding hydrogens is 646 g/mol. The number of aliphatic carboxylic acids is 1. The highest BCUT2D eigenvalue weighted by Gasteiger charge is 2.44. The van der Waals surface area contributed by atoms with Crippen LogP contribution in [0.25, 0.3) is 0 Å². The van der Waals surface area contributed by atoms with E-state index in [1.165, 1.54) is 24.3 Å². The Kier molecular flexibility index (Phi) is 14.7. The number of nitrogens with one attached hydrogen (secondary N) is 3. The van der Waals surface area contributed by atoms with Crippen LogP contribution in [0.5, 0.6) is 5.75 Å². The highest BCUT2D eigenvalue weighted by Crippen LogP contribution is 2.38. The van der Waals surface area contributed by atoms with E-state index in [0.29, 0.717) is 28.7 Å². The summed E-state index contributed by atoms with van der Waals surface area (Å²) in [5, 5.41) is 18.1. The number of halogens is 1. The molecule has 1 fully saturated rings. The summed E-state index contributed by atoms with van der Waals surface area (Å²) >= 11 is 6.32. The number of hydrogen-bond acceptors (Lipinski definition) is 6. The van der Waals surface area contributed by atoms with Gasteiger partial charge >= 0.3 is 5.97 Å². The van der Waals surface area contributed by atoms with Crippen molar-refractivity contribution in [3.8, 4) is 5.75 Å². The Bertz CT molecular complexity index is 1480. The lowest BCUT2D eigenvalue weighted by atomic mass is 9.91. The quantitative estimate of drug-likeness (QED) is 0.114. The minimum absolute atomic E-state index is 0.0610. The van der Waals surface area contributed by atoms with Gasteiger partial charge in [-0.25, -0.2) is 4.79 Å². The topological polar surface area (TPSA) is 146 Å². The predicted molar refractivity (Wildman–Crippen MR) is 191 cm³/mol. The molecule has 1 aliphatic heterocycles. The highest BCUT2D eigenvalue weighted by molar-refractivity contribution is 6.32. The molecule has 1 aliphatic carbocycles. The molecule has 11 heteroatoms. The van der Waals surface area contributed by atoms with Crippen molar-refractivity contribution in [1.82, 2.24) is 16.0 Å². The lowest BCUT2D eigenvalue weighted by Gasteiger charge is -2.28. The third-order valence-corrected chi connectivity index (χ3v) is 9.02. The highest BCUT2D eigenvalue weighted by atomic mass is 35.5. The monoisotopic (exact) mass is 697 g/mol. The number of methoxy groups -OCH3 is 1. The van der Waals surface area contributed by atoms with Gasteiger partial charge in [-0.2, -0.15) is 0 Å². The lowest BCUT2D eigenvalue weighted by Crippen LogP contribution is -2.53. The fraction of sp³-hybridized carbons (Fsp3) is 0.526. The van der Waals surface area contributed by atoms with E-state index < -0.39 is 41.2 Å². The maximum absolute atomic E-state index is 13.5. The van der Waals surface area contributed by atoms with E-state index in [-0.39, 0.29) is 37.5 Å². The van der Waals surface area contributed by atoms with Gasteiger partial charge < -0.3 is 30.5 Å². The minimum atomic E-state index is -1.13. The number of benzene rings is 1. The molecular formula is C38H52ClN3O7. The first-order valence-corrected chi connectivity index (χ1v) is 17.3. The van der Waals surface area contributed by atoms with Gasteiger partial charge in [0.2, 0.25) is 17.7 Å². The molecule has 1 aromatic carbocycles. The molecule has 0 aromatic heterocycles. The van der Waals surface area contributed by atoms with Crippen LogP contribution in [0.4, 0.5) is 0 Å². The van der Waals surface area contributed by atoms with Crippen molar-refractivity contribution < 1.29 is 33.8 Å². The van der Waals surface area contributed by atoms with Gasteiger partial charge in [-0.05, 0) is 87.6 Å². The third kappa shape index (κ3) is 12.5. The molecule has 268 valence electrons. The Balaban J connectivity index is 1.60. The van der Waals surface area contributed by atoms with Crippen LogP contribution in [0.1, 0.15) is 72.8 Å². The average Bonchev–Trinajstić information content (AvgIpc) is 3.86. The number of epoxide rings is 1. The molecule has 2 aliphatic rings. The van der Waals surface area contributed by atoms with Crippen LogP contribution in [0, 0.1) is 17.3 Å². The number of carbonyl (C=O) groups is 4. The van der Waals surface area contributed by atoms with Gasteiger partial charge in [0.15, 0.2) is 0 Å². The Morgan fingerprint density at radius 1 is 1.14 bits per heavy atom. The van der Waals surface area contributed by atoms with E-state index in [0.717, 1.165) is 12.8 Å². The van der Waals surface area contributed by atoms with Crippen LogP contribution in [-0.2, 0) is 30.3 Å². The average molecular weight is 698 g/mol. The first-order valence-electron chi connectivity index (χ1n) is 16.9. The van der Waals surface area contributed by atoms with Crippen molar-refractivity contribution in [3.63, 3.8) is 0 Å². The summed E-state index contributed by atoms with van der Waals surface area (Å²) in [5.74, 6) is -1.70.